The van der Waals surface area contributed by atoms with Gasteiger partial charge >= 0.3 is 12.2 Å². The zero-order valence-corrected chi connectivity index (χ0v) is 19.3. The van der Waals surface area contributed by atoms with Crippen molar-refractivity contribution in [2.75, 3.05) is 23.3 Å². The molecule has 3 rings (SSSR count). The van der Waals surface area contributed by atoms with Gasteiger partial charge in [0, 0.05) is 37.4 Å². The Morgan fingerprint density at radius 2 is 1.76 bits per heavy atom. The molecule has 0 saturated carbocycles. The summed E-state index contributed by atoms with van der Waals surface area (Å²) in [6.45, 7) is 3.30. The highest BCUT2D eigenvalue weighted by atomic mass is 32.2. The van der Waals surface area contributed by atoms with Crippen LogP contribution in [0.1, 0.15) is 36.6 Å². The molecule has 0 spiro atoms. The molecular formula is C21H27F3N6O3S. The average Bonchev–Trinajstić information content (AvgIpc) is 2.76. The molecule has 5 N–H and O–H groups in total. The molecule has 0 aliphatic carbocycles. The Balaban J connectivity index is 1.64. The Hall–Kier alpha value is -2.90. The van der Waals surface area contributed by atoms with Gasteiger partial charge in [0.25, 0.3) is 10.2 Å². The predicted octanol–water partition coefficient (Wildman–Crippen LogP) is 2.95. The van der Waals surface area contributed by atoms with E-state index >= 15 is 0 Å². The predicted molar refractivity (Wildman–Crippen MR) is 122 cm³/mol. The lowest BCUT2D eigenvalue weighted by atomic mass is 9.99. The number of carbonyl (C=O) groups excluding carboxylic acids is 1. The Morgan fingerprint density at radius 1 is 1.12 bits per heavy atom. The molecule has 0 bridgehead atoms. The van der Waals surface area contributed by atoms with E-state index in [1.807, 2.05) is 4.90 Å². The molecule has 0 unspecified atom stereocenters. The molecule has 1 aromatic carbocycles. The number of piperidine rings is 1. The minimum absolute atomic E-state index is 0.00425. The smallest absolute Gasteiger partial charge is 0.356 e. The van der Waals surface area contributed by atoms with Crippen molar-refractivity contribution < 1.29 is 26.4 Å². The molecule has 2 aromatic rings. The van der Waals surface area contributed by atoms with E-state index in [1.165, 1.54) is 6.07 Å². The largest absolute Gasteiger partial charge is 0.433 e. The number of rotatable bonds is 7. The van der Waals surface area contributed by atoms with Gasteiger partial charge in [-0.05, 0) is 42.5 Å². The van der Waals surface area contributed by atoms with Crippen LogP contribution in [0, 0.1) is 5.92 Å². The third kappa shape index (κ3) is 7.57. The Bertz CT molecular complexity index is 1100. The summed E-state index contributed by atoms with van der Waals surface area (Å²) in [7, 11) is -3.81. The molecule has 1 aliphatic heterocycles. The Morgan fingerprint density at radius 3 is 2.35 bits per heavy atom. The first-order valence-corrected chi connectivity index (χ1v) is 12.2. The molecule has 0 radical (unpaired) electrons. The second kappa shape index (κ2) is 10.6. The van der Waals surface area contributed by atoms with Crippen LogP contribution in [0.4, 0.5) is 29.5 Å². The Kier molecular flexibility index (Phi) is 8.00. The molecule has 1 saturated heterocycles. The zero-order valence-electron chi connectivity index (χ0n) is 18.5. The molecule has 1 aromatic heterocycles. The number of nitrogens with two attached hydrogens (primary N) is 1. The number of alkyl halides is 3. The molecule has 34 heavy (non-hydrogen) atoms. The number of amides is 2. The Labute approximate surface area is 196 Å². The first-order valence-electron chi connectivity index (χ1n) is 10.6. The molecule has 2 heterocycles. The van der Waals surface area contributed by atoms with E-state index in [-0.39, 0.29) is 18.9 Å². The monoisotopic (exact) mass is 500 g/mol. The minimum Gasteiger partial charge on any atom is -0.356 e. The van der Waals surface area contributed by atoms with Crippen LogP contribution >= 0.6 is 0 Å². The van der Waals surface area contributed by atoms with Crippen LogP contribution in [-0.2, 0) is 29.5 Å². The van der Waals surface area contributed by atoms with Gasteiger partial charge in [-0.2, -0.15) is 26.3 Å². The zero-order chi connectivity index (χ0) is 24.9. The summed E-state index contributed by atoms with van der Waals surface area (Å²) >= 11 is 0. The van der Waals surface area contributed by atoms with Crippen LogP contribution in [-0.4, -0.2) is 32.5 Å². The number of pyridine rings is 1. The highest BCUT2D eigenvalue weighted by Crippen LogP contribution is 2.32. The van der Waals surface area contributed by atoms with Crippen LogP contribution in [0.5, 0.6) is 0 Å². The molecule has 13 heteroatoms. The highest BCUT2D eigenvalue weighted by Gasteiger charge is 2.34. The summed E-state index contributed by atoms with van der Waals surface area (Å²) in [6.07, 6.45) is -2.85. The lowest BCUT2D eigenvalue weighted by molar-refractivity contribution is -0.141. The van der Waals surface area contributed by atoms with E-state index in [9.17, 15) is 26.4 Å². The maximum atomic E-state index is 13.2. The second-order valence-electron chi connectivity index (χ2n) is 8.22. The number of hydrogen-bond acceptors (Lipinski definition) is 5. The van der Waals surface area contributed by atoms with E-state index in [2.05, 4.69) is 27.3 Å². The third-order valence-electron chi connectivity index (χ3n) is 5.46. The number of benzene rings is 1. The van der Waals surface area contributed by atoms with Gasteiger partial charge in [-0.25, -0.2) is 14.9 Å². The fourth-order valence-corrected chi connectivity index (χ4v) is 3.88. The lowest BCUT2D eigenvalue weighted by Crippen LogP contribution is -2.35. The molecule has 1 fully saturated rings. The van der Waals surface area contributed by atoms with Crippen molar-refractivity contribution in [3.8, 4) is 0 Å². The number of nitrogens with one attached hydrogen (secondary N) is 3. The van der Waals surface area contributed by atoms with Crippen molar-refractivity contribution in [1.82, 2.24) is 15.0 Å². The summed E-state index contributed by atoms with van der Waals surface area (Å²) in [4.78, 5) is 18.0. The average molecular weight is 501 g/mol. The highest BCUT2D eigenvalue weighted by molar-refractivity contribution is 7.87. The minimum atomic E-state index is -4.56. The van der Waals surface area contributed by atoms with Gasteiger partial charge < -0.3 is 15.5 Å². The fraction of sp³-hybridized carbons (Fsp3) is 0.429. The van der Waals surface area contributed by atoms with Gasteiger partial charge in [-0.3, -0.25) is 0 Å². The SMILES string of the molecule is CC1CCN(c2nc(C(F)(F)F)ccc2CNC(=O)Nc2ccc(CNS(N)(=O)=O)cc2)CC1. The summed E-state index contributed by atoms with van der Waals surface area (Å²) in [5.74, 6) is 0.727. The summed E-state index contributed by atoms with van der Waals surface area (Å²) in [6, 6.07) is 8.11. The van der Waals surface area contributed by atoms with Crippen molar-refractivity contribution >= 4 is 27.7 Å². The fourth-order valence-electron chi connectivity index (χ4n) is 3.51. The molecule has 2 amide bonds. The molecule has 9 nitrogen and oxygen atoms in total. The van der Waals surface area contributed by atoms with Gasteiger partial charge in [-0.15, -0.1) is 0 Å². The van der Waals surface area contributed by atoms with E-state index in [0.717, 1.165) is 18.9 Å². The number of carbonyl (C=O) groups is 1. The van der Waals surface area contributed by atoms with Crippen molar-refractivity contribution in [2.24, 2.45) is 11.1 Å². The van der Waals surface area contributed by atoms with E-state index in [0.29, 0.717) is 35.8 Å². The molecular weight excluding hydrogens is 473 g/mol. The maximum absolute atomic E-state index is 13.2. The number of urea groups is 1. The number of hydrogen-bond donors (Lipinski definition) is 4. The standard InChI is InChI=1S/C21H27F3N6O3S/c1-14-8-10-30(11-9-14)19-16(4-7-18(29-19)21(22,23)24)13-26-20(31)28-17-5-2-15(3-6-17)12-27-34(25,32)33/h2-7,14,27H,8-13H2,1H3,(H2,25,32,33)(H2,26,28,31). The van der Waals surface area contributed by atoms with Crippen LogP contribution in [0.25, 0.3) is 0 Å². The van der Waals surface area contributed by atoms with Crippen molar-refractivity contribution in [1.29, 1.82) is 0 Å². The normalized spacial score (nSPS) is 15.3. The third-order valence-corrected chi connectivity index (χ3v) is 6.00. The lowest BCUT2D eigenvalue weighted by Gasteiger charge is -2.33. The van der Waals surface area contributed by atoms with Gasteiger partial charge in [0.15, 0.2) is 0 Å². The summed E-state index contributed by atoms with van der Waals surface area (Å²) in [5, 5.41) is 10.2. The first kappa shape index (κ1) is 25.7. The van der Waals surface area contributed by atoms with Gasteiger partial charge in [0.05, 0.1) is 0 Å². The van der Waals surface area contributed by atoms with Crippen LogP contribution in [0.15, 0.2) is 36.4 Å². The number of aromatic nitrogens is 1. The van der Waals surface area contributed by atoms with Gasteiger partial charge in [0.1, 0.15) is 11.5 Å². The molecule has 186 valence electrons. The van der Waals surface area contributed by atoms with Crippen molar-refractivity contribution in [3.05, 3.63) is 53.2 Å². The molecule has 1 aliphatic rings. The quantitative estimate of drug-likeness (QED) is 0.465. The van der Waals surface area contributed by atoms with Crippen molar-refractivity contribution in [2.45, 2.75) is 39.0 Å². The summed E-state index contributed by atoms with van der Waals surface area (Å²) in [5.41, 5.74) is 0.609. The van der Waals surface area contributed by atoms with E-state index in [1.54, 1.807) is 24.3 Å². The summed E-state index contributed by atoms with van der Waals surface area (Å²) < 4.78 is 63.7. The van der Waals surface area contributed by atoms with Crippen LogP contribution < -0.4 is 25.4 Å². The van der Waals surface area contributed by atoms with Gasteiger partial charge in [0.2, 0.25) is 0 Å². The first-order chi connectivity index (χ1) is 15.9. The van der Waals surface area contributed by atoms with E-state index < -0.39 is 28.1 Å². The molecule has 0 atom stereocenters. The second-order valence-corrected chi connectivity index (χ2v) is 9.60. The maximum Gasteiger partial charge on any atom is 0.433 e. The number of nitrogens with zero attached hydrogens (tertiary/aromatic N) is 2. The van der Waals surface area contributed by atoms with Gasteiger partial charge in [-0.1, -0.05) is 25.1 Å². The van der Waals surface area contributed by atoms with Crippen LogP contribution in [0.3, 0.4) is 0 Å². The van der Waals surface area contributed by atoms with Crippen LogP contribution in [0.2, 0.25) is 0 Å². The topological polar surface area (TPSA) is 129 Å². The number of halogens is 3. The van der Waals surface area contributed by atoms with E-state index in [4.69, 9.17) is 5.14 Å². The van der Waals surface area contributed by atoms with Crippen molar-refractivity contribution in [3.63, 3.8) is 0 Å². The number of anilines is 2.